The molecule has 14 heteroatoms. The molecule has 4 aromatic rings. The average Bonchev–Trinajstić information content (AvgIpc) is 3.00. The fourth-order valence-electron chi connectivity index (χ4n) is 3.82. The summed E-state index contributed by atoms with van der Waals surface area (Å²) in [4.78, 5) is 40.0. The lowest BCUT2D eigenvalue weighted by molar-refractivity contribution is -0.137. The largest absolute Gasteiger partial charge is 0.421 e. The van der Waals surface area contributed by atoms with Crippen LogP contribution in [-0.2, 0) is 23.9 Å². The van der Waals surface area contributed by atoms with Crippen molar-refractivity contribution in [3.05, 3.63) is 102 Å². The highest BCUT2D eigenvalue weighted by Crippen LogP contribution is 2.36. The van der Waals surface area contributed by atoms with Crippen molar-refractivity contribution < 1.29 is 22.8 Å². The van der Waals surface area contributed by atoms with E-state index in [4.69, 9.17) is 0 Å². The number of alkyl halides is 3. The Kier molecular flexibility index (Phi) is 9.83. The van der Waals surface area contributed by atoms with E-state index in [1.165, 1.54) is 25.3 Å². The zero-order valence-corrected chi connectivity index (χ0v) is 23.0. The number of para-hydroxylation sites is 1. The van der Waals surface area contributed by atoms with Crippen LogP contribution in [-0.4, -0.2) is 45.3 Å². The van der Waals surface area contributed by atoms with Crippen LogP contribution in [0.25, 0.3) is 0 Å². The van der Waals surface area contributed by atoms with Gasteiger partial charge in [-0.05, 0) is 42.0 Å². The van der Waals surface area contributed by atoms with E-state index in [1.807, 2.05) is 12.1 Å². The third kappa shape index (κ3) is 8.48. The summed E-state index contributed by atoms with van der Waals surface area (Å²) in [6.07, 6.45) is -0.698. The molecule has 2 aromatic carbocycles. The van der Waals surface area contributed by atoms with Crippen molar-refractivity contribution in [2.45, 2.75) is 19.1 Å². The number of carbonyl (C=O) groups is 2. The van der Waals surface area contributed by atoms with E-state index in [1.54, 1.807) is 36.5 Å². The van der Waals surface area contributed by atoms with Gasteiger partial charge in [0.1, 0.15) is 11.4 Å². The van der Waals surface area contributed by atoms with Gasteiger partial charge in [0.15, 0.2) is 0 Å². The Morgan fingerprint density at radius 2 is 1.72 bits per heavy atom. The van der Waals surface area contributed by atoms with E-state index >= 15 is 0 Å². The fourth-order valence-corrected chi connectivity index (χ4v) is 3.82. The van der Waals surface area contributed by atoms with Gasteiger partial charge in [0.05, 0.1) is 11.3 Å². The molecule has 0 saturated carbocycles. The standard InChI is InChI=1S/C29H28F3N9O2/c1-3-24(42)34-14-12-20-13-15-35-27(38-20)36-16-18-8-10-19(11-9-18)39-28-37-17-22(29(30,31)32)25(41-28)40-23-7-5-4-6-21(23)26(43)33-2/h3-11,13,15,17H,1,12,14,16H2,2H3,(H,33,43)(H,34,42)(H,35,36,38)(H2,37,39,40,41). The average molecular weight is 592 g/mol. The van der Waals surface area contributed by atoms with Gasteiger partial charge < -0.3 is 26.6 Å². The lowest BCUT2D eigenvalue weighted by Gasteiger charge is -2.16. The Bertz CT molecular complexity index is 1600. The third-order valence-corrected chi connectivity index (χ3v) is 5.99. The van der Waals surface area contributed by atoms with Crippen molar-refractivity contribution >= 4 is 40.9 Å². The van der Waals surface area contributed by atoms with Gasteiger partial charge in [0.25, 0.3) is 5.91 Å². The number of rotatable bonds is 12. The summed E-state index contributed by atoms with van der Waals surface area (Å²) in [7, 11) is 1.43. The van der Waals surface area contributed by atoms with Gasteiger partial charge in [-0.25, -0.2) is 15.0 Å². The van der Waals surface area contributed by atoms with E-state index in [0.29, 0.717) is 37.3 Å². The second-order valence-electron chi connectivity index (χ2n) is 9.00. The molecule has 0 unspecified atom stereocenters. The molecule has 0 bridgehead atoms. The molecule has 0 fully saturated rings. The zero-order chi connectivity index (χ0) is 30.8. The van der Waals surface area contributed by atoms with Gasteiger partial charge >= 0.3 is 6.18 Å². The first-order valence-electron chi connectivity index (χ1n) is 13.0. The summed E-state index contributed by atoms with van der Waals surface area (Å²) < 4.78 is 41.2. The molecule has 11 nitrogen and oxygen atoms in total. The van der Waals surface area contributed by atoms with Crippen LogP contribution in [0, 0.1) is 0 Å². The second kappa shape index (κ2) is 13.9. The molecule has 4 rings (SSSR count). The Labute approximate surface area is 245 Å². The summed E-state index contributed by atoms with van der Waals surface area (Å²) >= 11 is 0. The highest BCUT2D eigenvalue weighted by Gasteiger charge is 2.35. The molecule has 0 aliphatic rings. The van der Waals surface area contributed by atoms with Crippen molar-refractivity contribution in [1.82, 2.24) is 30.6 Å². The Balaban J connectivity index is 1.42. The molecule has 5 N–H and O–H groups in total. The lowest BCUT2D eigenvalue weighted by atomic mass is 10.1. The third-order valence-electron chi connectivity index (χ3n) is 5.99. The van der Waals surface area contributed by atoms with Crippen molar-refractivity contribution in [3.63, 3.8) is 0 Å². The minimum atomic E-state index is -4.73. The van der Waals surface area contributed by atoms with Gasteiger partial charge in [-0.2, -0.15) is 18.2 Å². The summed E-state index contributed by atoms with van der Waals surface area (Å²) in [6.45, 7) is 4.23. The maximum Gasteiger partial charge on any atom is 0.421 e. The van der Waals surface area contributed by atoms with E-state index in [-0.39, 0.29) is 23.1 Å². The van der Waals surface area contributed by atoms with E-state index in [0.717, 1.165) is 11.3 Å². The molecule has 0 aliphatic heterocycles. The molecule has 0 aliphatic carbocycles. The molecule has 2 heterocycles. The number of anilines is 5. The number of hydrogen-bond acceptors (Lipinski definition) is 9. The smallest absolute Gasteiger partial charge is 0.355 e. The van der Waals surface area contributed by atoms with Crippen LogP contribution in [0.2, 0.25) is 0 Å². The van der Waals surface area contributed by atoms with Gasteiger partial charge in [-0.15, -0.1) is 0 Å². The van der Waals surface area contributed by atoms with Crippen LogP contribution in [0.5, 0.6) is 0 Å². The molecule has 0 radical (unpaired) electrons. The quantitative estimate of drug-likeness (QED) is 0.149. The van der Waals surface area contributed by atoms with E-state index in [2.05, 4.69) is 53.1 Å². The highest BCUT2D eigenvalue weighted by atomic mass is 19.4. The molecular formula is C29H28F3N9O2. The van der Waals surface area contributed by atoms with E-state index < -0.39 is 23.5 Å². The number of halogens is 3. The number of amides is 2. The Hall–Kier alpha value is -5.53. The maximum absolute atomic E-state index is 13.7. The first kappa shape index (κ1) is 30.4. The first-order valence-corrected chi connectivity index (χ1v) is 13.0. The van der Waals surface area contributed by atoms with Crippen molar-refractivity contribution in [1.29, 1.82) is 0 Å². The second-order valence-corrected chi connectivity index (χ2v) is 9.00. The predicted octanol–water partition coefficient (Wildman–Crippen LogP) is 4.59. The minimum absolute atomic E-state index is 0.0757. The molecule has 2 amide bonds. The normalized spacial score (nSPS) is 10.9. The summed E-state index contributed by atoms with van der Waals surface area (Å²) in [5.41, 5.74) is 1.41. The number of benzene rings is 2. The number of aromatic nitrogens is 4. The van der Waals surface area contributed by atoms with Crippen molar-refractivity contribution in [2.24, 2.45) is 0 Å². The summed E-state index contributed by atoms with van der Waals surface area (Å²) in [5.74, 6) is -0.880. The highest BCUT2D eigenvalue weighted by molar-refractivity contribution is 6.00. The Morgan fingerprint density at radius 3 is 2.44 bits per heavy atom. The number of nitrogens with zero attached hydrogens (tertiary/aromatic N) is 4. The summed E-state index contributed by atoms with van der Waals surface area (Å²) in [6, 6.07) is 15.0. The molecule has 0 spiro atoms. The summed E-state index contributed by atoms with van der Waals surface area (Å²) in [5, 5.41) is 13.8. The Morgan fingerprint density at radius 1 is 0.953 bits per heavy atom. The molecular weight excluding hydrogens is 563 g/mol. The zero-order valence-electron chi connectivity index (χ0n) is 23.0. The molecule has 43 heavy (non-hydrogen) atoms. The molecule has 222 valence electrons. The van der Waals surface area contributed by atoms with Gasteiger partial charge in [0, 0.05) is 50.3 Å². The SMILES string of the molecule is C=CC(=O)NCCc1ccnc(NCc2ccc(Nc3ncc(C(F)(F)F)c(Nc4ccccc4C(=O)NC)n3)cc2)n1. The molecule has 0 saturated heterocycles. The number of carbonyl (C=O) groups excluding carboxylic acids is 2. The van der Waals surface area contributed by atoms with Crippen LogP contribution in [0.4, 0.5) is 42.3 Å². The van der Waals surface area contributed by atoms with Gasteiger partial charge in [-0.3, -0.25) is 9.59 Å². The minimum Gasteiger partial charge on any atom is -0.355 e. The molecule has 2 aromatic heterocycles. The van der Waals surface area contributed by atoms with Gasteiger partial charge in [-0.1, -0.05) is 30.8 Å². The van der Waals surface area contributed by atoms with E-state index in [9.17, 15) is 22.8 Å². The molecule has 0 atom stereocenters. The lowest BCUT2D eigenvalue weighted by Crippen LogP contribution is -2.23. The van der Waals surface area contributed by atoms with Gasteiger partial charge in [0.2, 0.25) is 17.8 Å². The van der Waals surface area contributed by atoms with Crippen LogP contribution in [0.1, 0.15) is 27.2 Å². The first-order chi connectivity index (χ1) is 20.7. The van der Waals surface area contributed by atoms with Crippen molar-refractivity contribution in [2.75, 3.05) is 29.5 Å². The van der Waals surface area contributed by atoms with Crippen LogP contribution < -0.4 is 26.6 Å². The van der Waals surface area contributed by atoms with Crippen LogP contribution >= 0.6 is 0 Å². The number of hydrogen-bond donors (Lipinski definition) is 5. The fraction of sp³-hybridized carbons (Fsp3) is 0.172. The maximum atomic E-state index is 13.7. The van der Waals surface area contributed by atoms with Crippen LogP contribution in [0.3, 0.4) is 0 Å². The predicted molar refractivity (Wildman–Crippen MR) is 156 cm³/mol. The monoisotopic (exact) mass is 591 g/mol. The topological polar surface area (TPSA) is 146 Å². The van der Waals surface area contributed by atoms with Crippen molar-refractivity contribution in [3.8, 4) is 0 Å². The van der Waals surface area contributed by atoms with Crippen LogP contribution in [0.15, 0.2) is 79.6 Å². The number of nitrogens with one attached hydrogen (secondary N) is 5.